The van der Waals surface area contributed by atoms with Crippen LogP contribution in [0.15, 0.2) is 23.1 Å². The molecule has 0 radical (unpaired) electrons. The summed E-state index contributed by atoms with van der Waals surface area (Å²) in [4.78, 5) is 1.12. The number of methoxy groups -OCH3 is 1. The number of ether oxygens (including phenoxy) is 1. The molecule has 3 heteroatoms. The van der Waals surface area contributed by atoms with Crippen LogP contribution in [-0.2, 0) is 0 Å². The normalized spacial score (nSPS) is 10.7. The van der Waals surface area contributed by atoms with E-state index in [0.717, 1.165) is 28.0 Å². The number of hydrogen-bond donors (Lipinski definition) is 1. The molecule has 0 aliphatic rings. The highest BCUT2D eigenvalue weighted by Gasteiger charge is 2.03. The Kier molecular flexibility index (Phi) is 4.82. The van der Waals surface area contributed by atoms with E-state index < -0.39 is 0 Å². The Hall–Kier alpha value is -0.830. The van der Waals surface area contributed by atoms with Crippen LogP contribution in [0.4, 0.5) is 5.69 Å². The highest BCUT2D eigenvalue weighted by Crippen LogP contribution is 2.29. The van der Waals surface area contributed by atoms with E-state index in [1.165, 1.54) is 6.42 Å². The fourth-order valence-corrected chi connectivity index (χ4v) is 2.41. The van der Waals surface area contributed by atoms with Gasteiger partial charge in [0, 0.05) is 10.6 Å². The first-order chi connectivity index (χ1) is 7.13. The molecule has 0 saturated carbocycles. The van der Waals surface area contributed by atoms with E-state index in [9.17, 15) is 0 Å². The summed E-state index contributed by atoms with van der Waals surface area (Å²) in [5, 5.41) is 0. The number of benzene rings is 1. The van der Waals surface area contributed by atoms with Gasteiger partial charge >= 0.3 is 0 Å². The maximum absolute atomic E-state index is 5.88. The fourth-order valence-electron chi connectivity index (χ4n) is 1.17. The number of nitrogen functional groups attached to an aromatic ring is 1. The van der Waals surface area contributed by atoms with Crippen LogP contribution in [0.1, 0.15) is 20.3 Å². The highest BCUT2D eigenvalue weighted by molar-refractivity contribution is 7.99. The minimum atomic E-state index is 0.740. The molecule has 0 atom stereocenters. The van der Waals surface area contributed by atoms with Crippen molar-refractivity contribution in [3.05, 3.63) is 18.2 Å². The number of thioether (sulfide) groups is 1. The molecule has 0 aromatic heterocycles. The third-order valence-electron chi connectivity index (χ3n) is 2.17. The van der Waals surface area contributed by atoms with E-state index in [4.69, 9.17) is 10.5 Å². The average Bonchev–Trinajstić information content (AvgIpc) is 2.20. The molecule has 1 aromatic carbocycles. The van der Waals surface area contributed by atoms with Gasteiger partial charge in [0.15, 0.2) is 0 Å². The number of nitrogens with two attached hydrogens (primary N) is 1. The van der Waals surface area contributed by atoms with Crippen molar-refractivity contribution >= 4 is 17.4 Å². The van der Waals surface area contributed by atoms with Crippen molar-refractivity contribution in [3.63, 3.8) is 0 Å². The lowest BCUT2D eigenvalue weighted by Crippen LogP contribution is -1.93. The standard InChI is InChI=1S/C12H19NOS/c1-9(2)6-7-15-12-8-10(14-3)4-5-11(12)13/h4-5,8-9H,6-7,13H2,1-3H3. The summed E-state index contributed by atoms with van der Waals surface area (Å²) < 4.78 is 5.17. The molecule has 0 heterocycles. The molecule has 84 valence electrons. The maximum atomic E-state index is 5.88. The molecule has 0 aliphatic heterocycles. The summed E-state index contributed by atoms with van der Waals surface area (Å²) in [6.07, 6.45) is 1.21. The molecular formula is C12H19NOS. The minimum Gasteiger partial charge on any atom is -0.497 e. The van der Waals surface area contributed by atoms with Crippen molar-refractivity contribution in [3.8, 4) is 5.75 Å². The largest absolute Gasteiger partial charge is 0.497 e. The molecule has 2 nitrogen and oxygen atoms in total. The predicted octanol–water partition coefficient (Wildman–Crippen LogP) is 3.42. The Morgan fingerprint density at radius 3 is 2.73 bits per heavy atom. The van der Waals surface area contributed by atoms with Crippen LogP contribution in [0.3, 0.4) is 0 Å². The van der Waals surface area contributed by atoms with Gasteiger partial charge in [-0.3, -0.25) is 0 Å². The monoisotopic (exact) mass is 225 g/mol. The molecule has 1 aromatic rings. The first-order valence-corrected chi connectivity index (χ1v) is 6.18. The Morgan fingerprint density at radius 2 is 2.13 bits per heavy atom. The van der Waals surface area contributed by atoms with Gasteiger partial charge in [0.2, 0.25) is 0 Å². The minimum absolute atomic E-state index is 0.740. The Labute approximate surface area is 96.2 Å². The quantitative estimate of drug-likeness (QED) is 0.616. The van der Waals surface area contributed by atoms with Crippen molar-refractivity contribution in [2.75, 3.05) is 18.6 Å². The van der Waals surface area contributed by atoms with Gasteiger partial charge in [-0.2, -0.15) is 0 Å². The smallest absolute Gasteiger partial charge is 0.120 e. The number of rotatable bonds is 5. The summed E-state index contributed by atoms with van der Waals surface area (Å²) in [6.45, 7) is 4.46. The first-order valence-electron chi connectivity index (χ1n) is 5.19. The molecule has 0 aliphatic carbocycles. The Balaban J connectivity index is 2.59. The lowest BCUT2D eigenvalue weighted by Gasteiger charge is -2.08. The van der Waals surface area contributed by atoms with Crippen LogP contribution in [0.25, 0.3) is 0 Å². The van der Waals surface area contributed by atoms with Gasteiger partial charge in [-0.05, 0) is 36.3 Å². The third kappa shape index (κ3) is 4.04. The van der Waals surface area contributed by atoms with E-state index in [1.54, 1.807) is 18.9 Å². The molecule has 0 spiro atoms. The summed E-state index contributed by atoms with van der Waals surface area (Å²) >= 11 is 1.80. The zero-order valence-corrected chi connectivity index (χ0v) is 10.4. The van der Waals surface area contributed by atoms with E-state index in [1.807, 2.05) is 18.2 Å². The van der Waals surface area contributed by atoms with Gasteiger partial charge in [0.1, 0.15) is 5.75 Å². The Morgan fingerprint density at radius 1 is 1.40 bits per heavy atom. The Bertz CT molecular complexity index is 312. The van der Waals surface area contributed by atoms with Gasteiger partial charge in [-0.15, -0.1) is 11.8 Å². The van der Waals surface area contributed by atoms with Crippen molar-refractivity contribution in [2.45, 2.75) is 25.2 Å². The second-order valence-electron chi connectivity index (χ2n) is 3.93. The van der Waals surface area contributed by atoms with Crippen LogP contribution in [-0.4, -0.2) is 12.9 Å². The van der Waals surface area contributed by atoms with E-state index in [0.29, 0.717) is 0 Å². The van der Waals surface area contributed by atoms with E-state index in [2.05, 4.69) is 13.8 Å². The van der Waals surface area contributed by atoms with Gasteiger partial charge in [0.25, 0.3) is 0 Å². The molecule has 2 N–H and O–H groups in total. The zero-order valence-electron chi connectivity index (χ0n) is 9.62. The molecular weight excluding hydrogens is 206 g/mol. The van der Waals surface area contributed by atoms with Crippen LogP contribution >= 0.6 is 11.8 Å². The summed E-state index contributed by atoms with van der Waals surface area (Å²) in [7, 11) is 1.67. The van der Waals surface area contributed by atoms with Gasteiger partial charge in [-0.25, -0.2) is 0 Å². The zero-order chi connectivity index (χ0) is 11.3. The number of hydrogen-bond acceptors (Lipinski definition) is 3. The van der Waals surface area contributed by atoms with Crippen LogP contribution in [0.2, 0.25) is 0 Å². The summed E-state index contributed by atoms with van der Waals surface area (Å²) in [6, 6.07) is 5.79. The highest BCUT2D eigenvalue weighted by atomic mass is 32.2. The molecule has 0 bridgehead atoms. The lowest BCUT2D eigenvalue weighted by atomic mass is 10.2. The molecule has 0 unspecified atom stereocenters. The van der Waals surface area contributed by atoms with Crippen molar-refractivity contribution in [1.29, 1.82) is 0 Å². The van der Waals surface area contributed by atoms with E-state index in [-0.39, 0.29) is 0 Å². The molecule has 0 amide bonds. The average molecular weight is 225 g/mol. The second kappa shape index (κ2) is 5.91. The first kappa shape index (κ1) is 12.2. The third-order valence-corrected chi connectivity index (χ3v) is 3.28. The molecule has 0 saturated heterocycles. The summed E-state index contributed by atoms with van der Waals surface area (Å²) in [5.74, 6) is 2.72. The SMILES string of the molecule is COc1ccc(N)c(SCCC(C)C)c1. The van der Waals surface area contributed by atoms with Crippen LogP contribution in [0.5, 0.6) is 5.75 Å². The van der Waals surface area contributed by atoms with Crippen molar-refractivity contribution in [2.24, 2.45) is 5.92 Å². The van der Waals surface area contributed by atoms with E-state index >= 15 is 0 Å². The van der Waals surface area contributed by atoms with Gasteiger partial charge < -0.3 is 10.5 Å². The predicted molar refractivity (Wildman–Crippen MR) is 67.6 cm³/mol. The number of anilines is 1. The van der Waals surface area contributed by atoms with Crippen molar-refractivity contribution in [1.82, 2.24) is 0 Å². The summed E-state index contributed by atoms with van der Waals surface area (Å²) in [5.41, 5.74) is 6.72. The molecule has 0 fully saturated rings. The van der Waals surface area contributed by atoms with Crippen LogP contribution < -0.4 is 10.5 Å². The van der Waals surface area contributed by atoms with Crippen molar-refractivity contribution < 1.29 is 4.74 Å². The second-order valence-corrected chi connectivity index (χ2v) is 5.07. The van der Waals surface area contributed by atoms with Gasteiger partial charge in [-0.1, -0.05) is 13.8 Å². The topological polar surface area (TPSA) is 35.2 Å². The van der Waals surface area contributed by atoms with Gasteiger partial charge in [0.05, 0.1) is 7.11 Å². The molecule has 1 rings (SSSR count). The van der Waals surface area contributed by atoms with Crippen LogP contribution in [0, 0.1) is 5.92 Å². The maximum Gasteiger partial charge on any atom is 0.120 e. The molecule has 15 heavy (non-hydrogen) atoms. The lowest BCUT2D eigenvalue weighted by molar-refractivity contribution is 0.414. The fraction of sp³-hybridized carbons (Fsp3) is 0.500.